The monoisotopic (exact) mass is 301 g/mol. The molecule has 2 atom stereocenters. The van der Waals surface area contributed by atoms with Crippen LogP contribution in [0, 0.1) is 11.7 Å². The molecule has 1 fully saturated rings. The number of rotatable bonds is 7. The highest BCUT2D eigenvalue weighted by atomic mass is 32.2. The third-order valence-corrected chi connectivity index (χ3v) is 5.05. The summed E-state index contributed by atoms with van der Waals surface area (Å²) in [6, 6.07) is 4.74. The van der Waals surface area contributed by atoms with Crippen molar-refractivity contribution in [2.45, 2.75) is 38.3 Å². The van der Waals surface area contributed by atoms with Gasteiger partial charge in [-0.1, -0.05) is 25.0 Å². The van der Waals surface area contributed by atoms with Crippen LogP contribution in [0.1, 0.15) is 37.9 Å². The molecule has 112 valence electrons. The van der Waals surface area contributed by atoms with E-state index >= 15 is 0 Å². The minimum atomic E-state index is -3.38. The number of nitrogens with one attached hydrogen (secondary N) is 1. The maximum Gasteiger partial charge on any atom is 0.211 e. The van der Waals surface area contributed by atoms with E-state index in [-0.39, 0.29) is 5.75 Å². The van der Waals surface area contributed by atoms with Crippen molar-refractivity contribution in [2.24, 2.45) is 5.92 Å². The summed E-state index contributed by atoms with van der Waals surface area (Å²) in [7, 11) is -3.38. The largest absolute Gasteiger partial charge is 0.387 e. The number of hydrogen-bond acceptors (Lipinski definition) is 3. The minimum absolute atomic E-state index is 0.0954. The van der Waals surface area contributed by atoms with Gasteiger partial charge in [0.1, 0.15) is 5.82 Å². The van der Waals surface area contributed by atoms with E-state index in [0.717, 1.165) is 12.8 Å². The van der Waals surface area contributed by atoms with Gasteiger partial charge in [-0.05, 0) is 37.0 Å². The topological polar surface area (TPSA) is 66.4 Å². The molecule has 2 N–H and O–H groups in total. The van der Waals surface area contributed by atoms with Crippen molar-refractivity contribution < 1.29 is 17.9 Å². The molecule has 2 unspecified atom stereocenters. The van der Waals surface area contributed by atoms with Crippen molar-refractivity contribution in [3.63, 3.8) is 0 Å². The SMILES string of the molecule is CC(NS(=O)(=O)CCC1CC1)C(O)c1ccc(F)cc1. The first-order chi connectivity index (χ1) is 9.37. The van der Waals surface area contributed by atoms with Crippen molar-refractivity contribution in [3.05, 3.63) is 35.6 Å². The highest BCUT2D eigenvalue weighted by molar-refractivity contribution is 7.89. The number of aliphatic hydroxyl groups is 1. The van der Waals surface area contributed by atoms with E-state index in [1.807, 2.05) is 0 Å². The summed E-state index contributed by atoms with van der Waals surface area (Å²) in [6.45, 7) is 1.60. The molecule has 6 heteroatoms. The number of hydrogen-bond donors (Lipinski definition) is 2. The Balaban J connectivity index is 1.92. The summed E-state index contributed by atoms with van der Waals surface area (Å²) in [5.41, 5.74) is 0.490. The van der Waals surface area contributed by atoms with E-state index in [4.69, 9.17) is 0 Å². The van der Waals surface area contributed by atoms with Gasteiger partial charge in [0.05, 0.1) is 11.9 Å². The molecule has 0 amide bonds. The van der Waals surface area contributed by atoms with Crippen LogP contribution in [0.25, 0.3) is 0 Å². The molecule has 0 aliphatic heterocycles. The fraction of sp³-hybridized carbons (Fsp3) is 0.571. The molecule has 0 aromatic heterocycles. The highest BCUT2D eigenvalue weighted by Crippen LogP contribution is 2.32. The average Bonchev–Trinajstić information content (AvgIpc) is 3.20. The Kier molecular flexibility index (Phi) is 4.78. The third kappa shape index (κ3) is 4.54. The number of halogens is 1. The van der Waals surface area contributed by atoms with Gasteiger partial charge in [-0.25, -0.2) is 17.5 Å². The molecule has 1 aliphatic rings. The summed E-state index contributed by atoms with van der Waals surface area (Å²) in [4.78, 5) is 0. The summed E-state index contributed by atoms with van der Waals surface area (Å²) in [6.07, 6.45) is 1.91. The van der Waals surface area contributed by atoms with Crippen LogP contribution in [0.5, 0.6) is 0 Å². The molecule has 20 heavy (non-hydrogen) atoms. The second kappa shape index (κ2) is 6.20. The molecular formula is C14H20FNO3S. The van der Waals surface area contributed by atoms with E-state index in [9.17, 15) is 17.9 Å². The Labute approximate surface area is 119 Å². The van der Waals surface area contributed by atoms with E-state index in [1.165, 1.54) is 24.3 Å². The second-order valence-electron chi connectivity index (χ2n) is 5.45. The van der Waals surface area contributed by atoms with Gasteiger partial charge in [0.25, 0.3) is 0 Å². The zero-order chi connectivity index (χ0) is 14.8. The molecule has 0 radical (unpaired) electrons. The molecule has 2 rings (SSSR count). The Bertz CT molecular complexity index is 540. The van der Waals surface area contributed by atoms with Crippen molar-refractivity contribution in [3.8, 4) is 0 Å². The van der Waals surface area contributed by atoms with Crippen LogP contribution in [0.15, 0.2) is 24.3 Å². The van der Waals surface area contributed by atoms with Gasteiger partial charge in [-0.2, -0.15) is 0 Å². The lowest BCUT2D eigenvalue weighted by atomic mass is 10.0. The maximum atomic E-state index is 12.8. The summed E-state index contributed by atoms with van der Waals surface area (Å²) in [5, 5.41) is 10.1. The van der Waals surface area contributed by atoms with Crippen molar-refractivity contribution >= 4 is 10.0 Å². The van der Waals surface area contributed by atoms with Gasteiger partial charge in [-0.3, -0.25) is 0 Å². The van der Waals surface area contributed by atoms with Crippen molar-refractivity contribution in [1.82, 2.24) is 4.72 Å². The zero-order valence-electron chi connectivity index (χ0n) is 11.4. The van der Waals surface area contributed by atoms with E-state index in [2.05, 4.69) is 4.72 Å². The molecule has 1 aromatic carbocycles. The van der Waals surface area contributed by atoms with Gasteiger partial charge in [-0.15, -0.1) is 0 Å². The van der Waals surface area contributed by atoms with E-state index in [0.29, 0.717) is 17.9 Å². The number of aliphatic hydroxyl groups excluding tert-OH is 1. The molecule has 0 saturated heterocycles. The lowest BCUT2D eigenvalue weighted by molar-refractivity contribution is 0.146. The Hall–Kier alpha value is -0.980. The van der Waals surface area contributed by atoms with Gasteiger partial charge in [0.15, 0.2) is 0 Å². The van der Waals surface area contributed by atoms with Gasteiger partial charge >= 0.3 is 0 Å². The second-order valence-corrected chi connectivity index (χ2v) is 7.33. The Morgan fingerprint density at radius 1 is 1.35 bits per heavy atom. The van der Waals surface area contributed by atoms with Crippen LogP contribution in [-0.4, -0.2) is 25.3 Å². The number of benzene rings is 1. The molecule has 0 heterocycles. The van der Waals surface area contributed by atoms with Crippen LogP contribution >= 0.6 is 0 Å². The lowest BCUT2D eigenvalue weighted by Gasteiger charge is -2.20. The number of sulfonamides is 1. The quantitative estimate of drug-likeness (QED) is 0.809. The Morgan fingerprint density at radius 2 is 1.95 bits per heavy atom. The van der Waals surface area contributed by atoms with Gasteiger partial charge < -0.3 is 5.11 Å². The van der Waals surface area contributed by atoms with Crippen molar-refractivity contribution in [1.29, 1.82) is 0 Å². The fourth-order valence-electron chi connectivity index (χ4n) is 2.08. The van der Waals surface area contributed by atoms with Crippen LogP contribution in [0.2, 0.25) is 0 Å². The first-order valence-corrected chi connectivity index (χ1v) is 8.46. The zero-order valence-corrected chi connectivity index (χ0v) is 12.2. The summed E-state index contributed by atoms with van der Waals surface area (Å²) >= 11 is 0. The van der Waals surface area contributed by atoms with Crippen LogP contribution in [0.3, 0.4) is 0 Å². The normalized spacial score (nSPS) is 18.8. The molecular weight excluding hydrogens is 281 g/mol. The van der Waals surface area contributed by atoms with Crippen LogP contribution in [0.4, 0.5) is 4.39 Å². The minimum Gasteiger partial charge on any atom is -0.387 e. The molecule has 1 saturated carbocycles. The van der Waals surface area contributed by atoms with Gasteiger partial charge in [0, 0.05) is 6.04 Å². The summed E-state index contributed by atoms with van der Waals surface area (Å²) < 4.78 is 39.1. The smallest absolute Gasteiger partial charge is 0.211 e. The van der Waals surface area contributed by atoms with Crippen LogP contribution < -0.4 is 4.72 Å². The maximum absolute atomic E-state index is 12.8. The first-order valence-electron chi connectivity index (χ1n) is 6.81. The molecule has 4 nitrogen and oxygen atoms in total. The van der Waals surface area contributed by atoms with E-state index in [1.54, 1.807) is 6.92 Å². The standard InChI is InChI=1S/C14H20FNO3S/c1-10(14(17)12-4-6-13(15)7-5-12)16-20(18,19)9-8-11-2-3-11/h4-7,10-11,14,16-17H,2-3,8-9H2,1H3. The van der Waals surface area contributed by atoms with E-state index < -0.39 is 28.0 Å². The predicted octanol–water partition coefficient (Wildman–Crippen LogP) is 1.97. The van der Waals surface area contributed by atoms with Crippen LogP contribution in [-0.2, 0) is 10.0 Å². The molecule has 0 bridgehead atoms. The highest BCUT2D eigenvalue weighted by Gasteiger charge is 2.26. The molecule has 0 spiro atoms. The average molecular weight is 301 g/mol. The Morgan fingerprint density at radius 3 is 2.50 bits per heavy atom. The molecule has 1 aliphatic carbocycles. The lowest BCUT2D eigenvalue weighted by Crippen LogP contribution is -2.38. The third-order valence-electron chi connectivity index (χ3n) is 3.54. The molecule has 1 aromatic rings. The first kappa shape index (κ1) is 15.4. The van der Waals surface area contributed by atoms with Gasteiger partial charge in [0.2, 0.25) is 10.0 Å². The van der Waals surface area contributed by atoms with Crippen molar-refractivity contribution in [2.75, 3.05) is 5.75 Å². The summed E-state index contributed by atoms with van der Waals surface area (Å²) in [5.74, 6) is 0.250. The predicted molar refractivity (Wildman–Crippen MR) is 75.1 cm³/mol. The fourth-order valence-corrected chi connectivity index (χ4v) is 3.54.